The molecule has 35 heavy (non-hydrogen) atoms. The molecule has 0 bridgehead atoms. The number of carbonyl (C=O) groups excluding carboxylic acids is 1. The third-order valence-corrected chi connectivity index (χ3v) is 6.98. The molecule has 3 aromatic carbocycles. The first-order valence-corrected chi connectivity index (χ1v) is 13.1. The van der Waals surface area contributed by atoms with Crippen LogP contribution in [0.25, 0.3) is 17.1 Å². The second-order valence-electron chi connectivity index (χ2n) is 7.22. The second-order valence-corrected chi connectivity index (χ2v) is 10.2. The number of carbonyl (C=O) groups is 1. The first kappa shape index (κ1) is 24.7. The highest BCUT2D eigenvalue weighted by atomic mass is 35.5. The highest BCUT2D eigenvalue weighted by molar-refractivity contribution is 7.99. The average Bonchev–Trinajstić information content (AvgIpc) is 3.26. The van der Waals surface area contributed by atoms with Gasteiger partial charge in [-0.2, -0.15) is 0 Å². The van der Waals surface area contributed by atoms with Crippen molar-refractivity contribution < 1.29 is 17.9 Å². The molecule has 3 N–H and O–H groups in total. The number of rotatable bonds is 8. The predicted octanol–water partition coefficient (Wildman–Crippen LogP) is 3.97. The molecule has 9 nitrogen and oxygen atoms in total. The van der Waals surface area contributed by atoms with E-state index in [0.29, 0.717) is 27.4 Å². The molecule has 4 rings (SSSR count). The number of anilines is 1. The summed E-state index contributed by atoms with van der Waals surface area (Å²) in [5, 5.41) is 17.6. The zero-order chi connectivity index (χ0) is 25.0. The number of primary sulfonamides is 1. The topological polar surface area (TPSA) is 129 Å². The number of thioether (sulfide) groups is 1. The van der Waals surface area contributed by atoms with Crippen molar-refractivity contribution in [3.05, 3.63) is 77.8 Å². The molecule has 0 radical (unpaired) electrons. The van der Waals surface area contributed by atoms with E-state index in [2.05, 4.69) is 15.5 Å². The van der Waals surface area contributed by atoms with Crippen molar-refractivity contribution in [1.82, 2.24) is 14.8 Å². The number of amides is 1. The number of ether oxygens (including phenoxy) is 1. The van der Waals surface area contributed by atoms with Gasteiger partial charge in [0.05, 0.1) is 23.3 Å². The Hall–Kier alpha value is -3.38. The van der Waals surface area contributed by atoms with Gasteiger partial charge in [0.2, 0.25) is 15.9 Å². The van der Waals surface area contributed by atoms with Crippen molar-refractivity contribution in [2.24, 2.45) is 5.14 Å². The number of hydrogen-bond donors (Lipinski definition) is 2. The molecular weight excluding hydrogens is 510 g/mol. The summed E-state index contributed by atoms with van der Waals surface area (Å²) in [6.45, 7) is 0. The smallest absolute Gasteiger partial charge is 0.238 e. The Morgan fingerprint density at radius 3 is 2.40 bits per heavy atom. The molecule has 0 aliphatic heterocycles. The van der Waals surface area contributed by atoms with Gasteiger partial charge < -0.3 is 10.1 Å². The summed E-state index contributed by atoms with van der Waals surface area (Å²) in [6, 6.07) is 20.2. The molecule has 0 saturated heterocycles. The molecule has 0 unspecified atom stereocenters. The minimum atomic E-state index is -3.81. The number of nitrogens with two attached hydrogens (primary N) is 1. The lowest BCUT2D eigenvalue weighted by Gasteiger charge is -2.12. The van der Waals surface area contributed by atoms with E-state index in [1.54, 1.807) is 19.2 Å². The standard InChI is InChI=1S/C23H20ClN5O4S2/c1-33-20-5-3-2-4-19(20)22-27-28-23(29(22)17-10-6-15(24)7-11-17)34-14-21(30)26-16-8-12-18(13-9-16)35(25,31)32/h2-13H,14H2,1H3,(H,26,30)(H2,25,31,32). The Labute approximate surface area is 211 Å². The van der Waals surface area contributed by atoms with Crippen molar-refractivity contribution in [3.63, 3.8) is 0 Å². The maximum atomic E-state index is 12.6. The lowest BCUT2D eigenvalue weighted by Crippen LogP contribution is -2.15. The number of aromatic nitrogens is 3. The van der Waals surface area contributed by atoms with Crippen LogP contribution < -0.4 is 15.2 Å². The maximum Gasteiger partial charge on any atom is 0.238 e. The van der Waals surface area contributed by atoms with Crippen LogP contribution in [0.4, 0.5) is 5.69 Å². The molecule has 0 aliphatic carbocycles. The number of benzene rings is 3. The molecular formula is C23H20ClN5O4S2. The molecule has 180 valence electrons. The molecule has 0 saturated carbocycles. The van der Waals surface area contributed by atoms with Gasteiger partial charge in [-0.1, -0.05) is 35.5 Å². The van der Waals surface area contributed by atoms with Crippen LogP contribution in [0.3, 0.4) is 0 Å². The molecule has 0 spiro atoms. The Bertz CT molecular complexity index is 1460. The lowest BCUT2D eigenvalue weighted by atomic mass is 10.2. The molecule has 0 fully saturated rings. The molecule has 1 aromatic heterocycles. The molecule has 4 aromatic rings. The largest absolute Gasteiger partial charge is 0.496 e. The lowest BCUT2D eigenvalue weighted by molar-refractivity contribution is -0.113. The number of halogens is 1. The highest BCUT2D eigenvalue weighted by Crippen LogP contribution is 2.33. The van der Waals surface area contributed by atoms with E-state index in [4.69, 9.17) is 21.5 Å². The van der Waals surface area contributed by atoms with Crippen molar-refractivity contribution in [3.8, 4) is 22.8 Å². The van der Waals surface area contributed by atoms with E-state index in [1.807, 2.05) is 41.0 Å². The van der Waals surface area contributed by atoms with Crippen LogP contribution in [0.5, 0.6) is 5.75 Å². The summed E-state index contributed by atoms with van der Waals surface area (Å²) in [7, 11) is -2.23. The number of hydrogen-bond acceptors (Lipinski definition) is 7. The maximum absolute atomic E-state index is 12.6. The third-order valence-electron chi connectivity index (χ3n) is 4.87. The van der Waals surface area contributed by atoms with Gasteiger partial charge >= 0.3 is 0 Å². The van der Waals surface area contributed by atoms with Gasteiger partial charge in [0.1, 0.15) is 5.75 Å². The zero-order valence-electron chi connectivity index (χ0n) is 18.4. The van der Waals surface area contributed by atoms with E-state index < -0.39 is 10.0 Å². The van der Waals surface area contributed by atoms with E-state index >= 15 is 0 Å². The number of sulfonamides is 1. The molecule has 12 heteroatoms. The summed E-state index contributed by atoms with van der Waals surface area (Å²) >= 11 is 7.27. The number of nitrogens with one attached hydrogen (secondary N) is 1. The van der Waals surface area contributed by atoms with Gasteiger partial charge in [-0.05, 0) is 60.7 Å². The van der Waals surface area contributed by atoms with Crippen LogP contribution >= 0.6 is 23.4 Å². The van der Waals surface area contributed by atoms with Gasteiger partial charge in [-0.25, -0.2) is 13.6 Å². The number of nitrogens with zero attached hydrogens (tertiary/aromatic N) is 3. The monoisotopic (exact) mass is 529 g/mol. The second kappa shape index (κ2) is 10.5. The fourth-order valence-corrected chi connectivity index (χ4v) is 4.64. The van der Waals surface area contributed by atoms with Crippen LogP contribution in [0.2, 0.25) is 5.02 Å². The first-order valence-electron chi connectivity index (χ1n) is 10.2. The normalized spacial score (nSPS) is 11.3. The molecule has 1 amide bonds. The van der Waals surface area contributed by atoms with Crippen molar-refractivity contribution in [2.75, 3.05) is 18.2 Å². The van der Waals surface area contributed by atoms with Gasteiger partial charge in [0.15, 0.2) is 11.0 Å². The molecule has 1 heterocycles. The van der Waals surface area contributed by atoms with Gasteiger partial charge in [0, 0.05) is 16.4 Å². The average molecular weight is 530 g/mol. The van der Waals surface area contributed by atoms with Crippen molar-refractivity contribution >= 4 is 45.0 Å². The van der Waals surface area contributed by atoms with Gasteiger partial charge in [0.25, 0.3) is 0 Å². The summed E-state index contributed by atoms with van der Waals surface area (Å²) in [6.07, 6.45) is 0. The number of methoxy groups -OCH3 is 1. The summed E-state index contributed by atoms with van der Waals surface area (Å²) in [5.41, 5.74) is 1.95. The Morgan fingerprint density at radius 1 is 1.06 bits per heavy atom. The minimum absolute atomic E-state index is 0.0363. The summed E-state index contributed by atoms with van der Waals surface area (Å²) < 4.78 is 30.1. The SMILES string of the molecule is COc1ccccc1-c1nnc(SCC(=O)Nc2ccc(S(N)(=O)=O)cc2)n1-c1ccc(Cl)cc1. The fourth-order valence-electron chi connectivity index (χ4n) is 3.25. The highest BCUT2D eigenvalue weighted by Gasteiger charge is 2.20. The van der Waals surface area contributed by atoms with Crippen molar-refractivity contribution in [2.45, 2.75) is 10.1 Å². The fraction of sp³-hybridized carbons (Fsp3) is 0.0870. The minimum Gasteiger partial charge on any atom is -0.496 e. The van der Waals surface area contributed by atoms with Gasteiger partial charge in [-0.15, -0.1) is 10.2 Å². The van der Waals surface area contributed by atoms with E-state index in [-0.39, 0.29) is 16.6 Å². The Morgan fingerprint density at radius 2 is 1.74 bits per heavy atom. The van der Waals surface area contributed by atoms with E-state index in [9.17, 15) is 13.2 Å². The van der Waals surface area contributed by atoms with E-state index in [0.717, 1.165) is 11.3 Å². The Balaban J connectivity index is 1.58. The zero-order valence-corrected chi connectivity index (χ0v) is 20.8. The van der Waals surface area contributed by atoms with Crippen LogP contribution in [0.1, 0.15) is 0 Å². The quantitative estimate of drug-likeness (QED) is 0.330. The van der Waals surface area contributed by atoms with Crippen LogP contribution in [-0.2, 0) is 14.8 Å². The van der Waals surface area contributed by atoms with Crippen molar-refractivity contribution in [1.29, 1.82) is 0 Å². The predicted molar refractivity (Wildman–Crippen MR) is 136 cm³/mol. The van der Waals surface area contributed by atoms with Gasteiger partial charge in [-0.3, -0.25) is 9.36 Å². The molecule has 0 aliphatic rings. The van der Waals surface area contributed by atoms with Crippen LogP contribution in [0, 0.1) is 0 Å². The van der Waals surface area contributed by atoms with Crippen LogP contribution in [-0.4, -0.2) is 42.0 Å². The van der Waals surface area contributed by atoms with E-state index in [1.165, 1.54) is 36.0 Å². The number of para-hydroxylation sites is 1. The first-order chi connectivity index (χ1) is 16.8. The Kier molecular flexibility index (Phi) is 7.41. The third kappa shape index (κ3) is 5.82. The summed E-state index contributed by atoms with van der Waals surface area (Å²) in [4.78, 5) is 12.5. The molecule has 0 atom stereocenters. The summed E-state index contributed by atoms with van der Waals surface area (Å²) in [5.74, 6) is 0.913. The van der Waals surface area contributed by atoms with Crippen LogP contribution in [0.15, 0.2) is 82.8 Å².